The van der Waals surface area contributed by atoms with E-state index in [2.05, 4.69) is 110 Å². The van der Waals surface area contributed by atoms with E-state index >= 15 is 0 Å². The van der Waals surface area contributed by atoms with Gasteiger partial charge in [0.15, 0.2) is 5.78 Å². The van der Waals surface area contributed by atoms with Crippen LogP contribution in [0.15, 0.2) is 97.1 Å². The van der Waals surface area contributed by atoms with Crippen LogP contribution < -0.4 is 4.90 Å². The van der Waals surface area contributed by atoms with Crippen LogP contribution in [-0.2, 0) is 5.41 Å². The van der Waals surface area contributed by atoms with Crippen LogP contribution in [-0.4, -0.2) is 5.78 Å². The summed E-state index contributed by atoms with van der Waals surface area (Å²) in [5.41, 5.74) is 9.72. The fourth-order valence-electron chi connectivity index (χ4n) is 6.81. The van der Waals surface area contributed by atoms with Crippen molar-refractivity contribution in [2.45, 2.75) is 90.4 Å². The number of ketones is 1. The Kier molecular flexibility index (Phi) is 9.39. The van der Waals surface area contributed by atoms with Crippen LogP contribution >= 0.6 is 0 Å². The van der Waals surface area contributed by atoms with E-state index in [-0.39, 0.29) is 11.2 Å². The van der Waals surface area contributed by atoms with Gasteiger partial charge in [-0.25, -0.2) is 0 Å². The van der Waals surface area contributed by atoms with E-state index in [1.54, 1.807) is 6.92 Å². The van der Waals surface area contributed by atoms with Gasteiger partial charge >= 0.3 is 0 Å². The number of fused-ring (bicyclic) bond motifs is 3. The minimum atomic E-state index is -0.0767. The molecule has 0 aliphatic heterocycles. The largest absolute Gasteiger partial charge is 0.310 e. The lowest BCUT2D eigenvalue weighted by Gasteiger charge is -2.34. The lowest BCUT2D eigenvalue weighted by molar-refractivity contribution is 0.101. The molecule has 212 valence electrons. The summed E-state index contributed by atoms with van der Waals surface area (Å²) in [5, 5.41) is 0. The van der Waals surface area contributed by atoms with Gasteiger partial charge in [-0.1, -0.05) is 120 Å². The van der Waals surface area contributed by atoms with Crippen molar-refractivity contribution in [3.63, 3.8) is 0 Å². The second-order valence-corrected chi connectivity index (χ2v) is 11.8. The molecule has 0 N–H and O–H groups in total. The zero-order valence-electron chi connectivity index (χ0n) is 25.2. The average Bonchev–Trinajstić information content (AvgIpc) is 3.27. The van der Waals surface area contributed by atoms with Gasteiger partial charge in [0.05, 0.1) is 0 Å². The first-order valence-corrected chi connectivity index (χ1v) is 15.8. The first kappa shape index (κ1) is 28.9. The highest BCUT2D eigenvalue weighted by atomic mass is 16.1. The maximum Gasteiger partial charge on any atom is 0.159 e. The van der Waals surface area contributed by atoms with Crippen LogP contribution in [0.25, 0.3) is 11.1 Å². The number of anilines is 3. The van der Waals surface area contributed by atoms with Crippen LogP contribution in [0.5, 0.6) is 0 Å². The number of hydrogen-bond acceptors (Lipinski definition) is 2. The number of para-hydroxylation sites is 2. The molecule has 0 spiro atoms. The second kappa shape index (κ2) is 13.3. The summed E-state index contributed by atoms with van der Waals surface area (Å²) in [7, 11) is 0. The highest BCUT2D eigenvalue weighted by Crippen LogP contribution is 2.55. The van der Waals surface area contributed by atoms with Crippen molar-refractivity contribution in [2.75, 3.05) is 4.90 Å². The molecule has 0 aromatic heterocycles. The number of carbonyl (C=O) groups is 1. The zero-order chi connectivity index (χ0) is 28.7. The third kappa shape index (κ3) is 6.03. The first-order valence-electron chi connectivity index (χ1n) is 15.8. The molecule has 2 nitrogen and oxygen atoms in total. The molecule has 1 aliphatic rings. The van der Waals surface area contributed by atoms with Gasteiger partial charge in [0.25, 0.3) is 0 Å². The highest BCUT2D eigenvalue weighted by molar-refractivity contribution is 5.96. The van der Waals surface area contributed by atoms with E-state index in [0.717, 1.165) is 29.8 Å². The minimum Gasteiger partial charge on any atom is -0.310 e. The Morgan fingerprint density at radius 3 is 1.61 bits per heavy atom. The quantitative estimate of drug-likeness (QED) is 0.116. The predicted octanol–water partition coefficient (Wildman–Crippen LogP) is 11.6. The van der Waals surface area contributed by atoms with Gasteiger partial charge in [-0.3, -0.25) is 4.79 Å². The molecule has 41 heavy (non-hydrogen) atoms. The van der Waals surface area contributed by atoms with Gasteiger partial charge < -0.3 is 4.90 Å². The number of carbonyl (C=O) groups excluding carboxylic acids is 1. The Labute approximate surface area is 247 Å². The predicted molar refractivity (Wildman–Crippen MR) is 175 cm³/mol. The number of unbranched alkanes of at least 4 members (excludes halogenated alkanes) is 6. The number of rotatable bonds is 14. The molecule has 4 aromatic carbocycles. The highest BCUT2D eigenvalue weighted by Gasteiger charge is 2.43. The van der Waals surface area contributed by atoms with E-state index in [1.165, 1.54) is 79.3 Å². The third-order valence-corrected chi connectivity index (χ3v) is 8.95. The standard InChI is InChI=1S/C39H45NO/c1-4-6-8-16-26-39(27-17-9-7-5-2)37-28-31(30(3)41)22-24-35(37)36-25-23-34(29-38(36)39)40(32-18-12-10-13-19-32)33-20-14-11-15-21-33/h10-15,18-25,28-29H,4-9,16-17,26-27H2,1-3H3. The number of hydrogen-bond donors (Lipinski definition) is 0. The Morgan fingerprint density at radius 2 is 1.10 bits per heavy atom. The first-order chi connectivity index (χ1) is 20.1. The fraction of sp³-hybridized carbons (Fsp3) is 0.359. The molecule has 5 rings (SSSR count). The molecule has 0 heterocycles. The minimum absolute atomic E-state index is 0.0767. The van der Waals surface area contributed by atoms with Crippen molar-refractivity contribution < 1.29 is 4.79 Å². The number of nitrogens with zero attached hydrogens (tertiary/aromatic N) is 1. The molecule has 0 radical (unpaired) electrons. The molecule has 0 unspecified atom stereocenters. The Morgan fingerprint density at radius 1 is 0.585 bits per heavy atom. The summed E-state index contributed by atoms with van der Waals surface area (Å²) in [6.07, 6.45) is 12.2. The molecular formula is C39H45NO. The lowest BCUT2D eigenvalue weighted by Crippen LogP contribution is -2.26. The maximum atomic E-state index is 12.6. The molecule has 0 amide bonds. The summed E-state index contributed by atoms with van der Waals surface area (Å²) in [5.74, 6) is 0.148. The van der Waals surface area contributed by atoms with Crippen molar-refractivity contribution in [3.05, 3.63) is 114 Å². The van der Waals surface area contributed by atoms with Crippen LogP contribution in [0.4, 0.5) is 17.1 Å². The molecule has 0 saturated carbocycles. The normalized spacial score (nSPS) is 13.0. The van der Waals surface area contributed by atoms with Crippen molar-refractivity contribution >= 4 is 22.8 Å². The summed E-state index contributed by atoms with van der Waals surface area (Å²) in [6.45, 7) is 6.27. The van der Waals surface area contributed by atoms with Crippen LogP contribution in [0, 0.1) is 0 Å². The second-order valence-electron chi connectivity index (χ2n) is 11.8. The van der Waals surface area contributed by atoms with Crippen molar-refractivity contribution in [3.8, 4) is 11.1 Å². The number of Topliss-reactive ketones (excluding diaryl/α,β-unsaturated/α-hetero) is 1. The molecule has 1 aliphatic carbocycles. The summed E-state index contributed by atoms with van der Waals surface area (Å²) in [4.78, 5) is 15.0. The van der Waals surface area contributed by atoms with E-state index in [0.29, 0.717) is 0 Å². The van der Waals surface area contributed by atoms with Gasteiger partial charge in [-0.05, 0) is 84.5 Å². The van der Waals surface area contributed by atoms with Gasteiger partial charge in [0.1, 0.15) is 0 Å². The van der Waals surface area contributed by atoms with E-state index in [9.17, 15) is 4.79 Å². The molecular weight excluding hydrogens is 498 g/mol. The summed E-state index contributed by atoms with van der Waals surface area (Å²) < 4.78 is 0. The summed E-state index contributed by atoms with van der Waals surface area (Å²) in [6, 6.07) is 35.0. The van der Waals surface area contributed by atoms with Crippen molar-refractivity contribution in [1.82, 2.24) is 0 Å². The average molecular weight is 544 g/mol. The van der Waals surface area contributed by atoms with Crippen molar-refractivity contribution in [1.29, 1.82) is 0 Å². The van der Waals surface area contributed by atoms with Crippen LogP contribution in [0.2, 0.25) is 0 Å². The topological polar surface area (TPSA) is 20.3 Å². The molecule has 0 saturated heterocycles. The smallest absolute Gasteiger partial charge is 0.159 e. The molecule has 4 aromatic rings. The van der Waals surface area contributed by atoms with Gasteiger partial charge in [0.2, 0.25) is 0 Å². The van der Waals surface area contributed by atoms with Crippen LogP contribution in [0.3, 0.4) is 0 Å². The van der Waals surface area contributed by atoms with Crippen molar-refractivity contribution in [2.24, 2.45) is 0 Å². The third-order valence-electron chi connectivity index (χ3n) is 8.95. The van der Waals surface area contributed by atoms with Gasteiger partial charge in [-0.2, -0.15) is 0 Å². The van der Waals surface area contributed by atoms with E-state index in [1.807, 2.05) is 6.07 Å². The molecule has 0 bridgehead atoms. The molecule has 0 fully saturated rings. The van der Waals surface area contributed by atoms with Gasteiger partial charge in [0, 0.05) is 28.0 Å². The Bertz CT molecular complexity index is 1390. The Balaban J connectivity index is 1.68. The monoisotopic (exact) mass is 543 g/mol. The van der Waals surface area contributed by atoms with E-state index < -0.39 is 0 Å². The van der Waals surface area contributed by atoms with E-state index in [4.69, 9.17) is 0 Å². The summed E-state index contributed by atoms with van der Waals surface area (Å²) >= 11 is 0. The molecule has 2 heteroatoms. The van der Waals surface area contributed by atoms with Gasteiger partial charge in [-0.15, -0.1) is 0 Å². The molecule has 0 atom stereocenters. The lowest BCUT2D eigenvalue weighted by atomic mass is 9.70. The fourth-order valence-corrected chi connectivity index (χ4v) is 6.81. The Hall–Kier alpha value is -3.65. The zero-order valence-corrected chi connectivity index (χ0v) is 25.2. The van der Waals surface area contributed by atoms with Crippen LogP contribution in [0.1, 0.15) is 106 Å². The SMILES string of the molecule is CCCCCCC1(CCCCCC)c2cc(C(C)=O)ccc2-c2ccc(N(c3ccccc3)c3ccccc3)cc21. The number of benzene rings is 4. The maximum absolute atomic E-state index is 12.6.